The standard InChI is InChI=1S/C14H18N2O2/c1-14(2,18)9-15-11-8-13(17)16(3)12-7-5-4-6-10(11)12/h4-8,15,18H,9H2,1-3H3. The highest BCUT2D eigenvalue weighted by Crippen LogP contribution is 2.21. The number of nitrogens with zero attached hydrogens (tertiary/aromatic N) is 1. The van der Waals surface area contributed by atoms with E-state index in [4.69, 9.17) is 0 Å². The van der Waals surface area contributed by atoms with Crippen molar-refractivity contribution < 1.29 is 5.11 Å². The van der Waals surface area contributed by atoms with Crippen LogP contribution in [0.5, 0.6) is 0 Å². The molecule has 0 aliphatic rings. The molecule has 4 nitrogen and oxygen atoms in total. The number of pyridine rings is 1. The predicted molar refractivity (Wildman–Crippen MR) is 74.0 cm³/mol. The Morgan fingerprint density at radius 2 is 2.00 bits per heavy atom. The number of hydrogen-bond acceptors (Lipinski definition) is 3. The zero-order chi connectivity index (χ0) is 13.3. The average Bonchev–Trinajstić information content (AvgIpc) is 2.31. The first kappa shape index (κ1) is 12.6. The monoisotopic (exact) mass is 246 g/mol. The van der Waals surface area contributed by atoms with Crippen LogP contribution in [0.3, 0.4) is 0 Å². The third-order valence-corrected chi connectivity index (χ3v) is 2.87. The summed E-state index contributed by atoms with van der Waals surface area (Å²) >= 11 is 0. The second-order valence-electron chi connectivity index (χ2n) is 5.14. The van der Waals surface area contributed by atoms with Gasteiger partial charge in [0, 0.05) is 30.7 Å². The Balaban J connectivity index is 2.51. The molecule has 0 bridgehead atoms. The van der Waals surface area contributed by atoms with Gasteiger partial charge >= 0.3 is 0 Å². The van der Waals surface area contributed by atoms with Crippen LogP contribution in [0.1, 0.15) is 13.8 Å². The third-order valence-electron chi connectivity index (χ3n) is 2.87. The average molecular weight is 246 g/mol. The van der Waals surface area contributed by atoms with E-state index in [0.717, 1.165) is 16.6 Å². The minimum Gasteiger partial charge on any atom is -0.389 e. The lowest BCUT2D eigenvalue weighted by atomic mass is 10.1. The van der Waals surface area contributed by atoms with Crippen molar-refractivity contribution >= 4 is 16.6 Å². The van der Waals surface area contributed by atoms with Crippen molar-refractivity contribution in [2.24, 2.45) is 7.05 Å². The summed E-state index contributed by atoms with van der Waals surface area (Å²) in [5.41, 5.74) is 0.758. The molecule has 0 unspecified atom stereocenters. The fraction of sp³-hybridized carbons (Fsp3) is 0.357. The number of para-hydroxylation sites is 1. The van der Waals surface area contributed by atoms with Gasteiger partial charge in [-0.25, -0.2) is 0 Å². The predicted octanol–water partition coefficient (Wildman–Crippen LogP) is 1.72. The lowest BCUT2D eigenvalue weighted by molar-refractivity contribution is 0.0945. The zero-order valence-corrected chi connectivity index (χ0v) is 10.9. The Kier molecular flexibility index (Phi) is 3.13. The van der Waals surface area contributed by atoms with Crippen LogP contribution in [-0.2, 0) is 7.05 Å². The van der Waals surface area contributed by atoms with Crippen LogP contribution >= 0.6 is 0 Å². The van der Waals surface area contributed by atoms with Crippen molar-refractivity contribution in [1.29, 1.82) is 0 Å². The normalized spacial score (nSPS) is 11.8. The van der Waals surface area contributed by atoms with E-state index in [1.165, 1.54) is 0 Å². The molecule has 0 fully saturated rings. The maximum Gasteiger partial charge on any atom is 0.252 e. The Labute approximate surface area is 106 Å². The van der Waals surface area contributed by atoms with Gasteiger partial charge in [-0.1, -0.05) is 18.2 Å². The molecule has 1 aromatic heterocycles. The fourth-order valence-electron chi connectivity index (χ4n) is 1.87. The summed E-state index contributed by atoms with van der Waals surface area (Å²) in [7, 11) is 1.75. The van der Waals surface area contributed by atoms with Crippen LogP contribution in [0.15, 0.2) is 35.1 Å². The van der Waals surface area contributed by atoms with Gasteiger partial charge in [0.05, 0.1) is 11.1 Å². The number of nitrogens with one attached hydrogen (secondary N) is 1. The molecule has 0 aliphatic carbocycles. The topological polar surface area (TPSA) is 54.3 Å². The molecule has 18 heavy (non-hydrogen) atoms. The van der Waals surface area contributed by atoms with Crippen molar-refractivity contribution in [2.45, 2.75) is 19.4 Å². The molecule has 0 atom stereocenters. The number of rotatable bonds is 3. The first-order valence-electron chi connectivity index (χ1n) is 5.93. The van der Waals surface area contributed by atoms with Crippen molar-refractivity contribution in [3.8, 4) is 0 Å². The number of anilines is 1. The van der Waals surface area contributed by atoms with E-state index in [9.17, 15) is 9.90 Å². The minimum atomic E-state index is -0.817. The van der Waals surface area contributed by atoms with E-state index < -0.39 is 5.60 Å². The number of hydrogen-bond donors (Lipinski definition) is 2. The SMILES string of the molecule is Cn1c(=O)cc(NCC(C)(C)O)c2ccccc21. The Hall–Kier alpha value is -1.81. The molecule has 0 aliphatic heterocycles. The van der Waals surface area contributed by atoms with Crippen LogP contribution in [0, 0.1) is 0 Å². The van der Waals surface area contributed by atoms with E-state index in [2.05, 4.69) is 5.32 Å². The van der Waals surface area contributed by atoms with Gasteiger partial charge in [0.2, 0.25) is 0 Å². The first-order valence-corrected chi connectivity index (χ1v) is 5.93. The van der Waals surface area contributed by atoms with Gasteiger partial charge in [0.25, 0.3) is 5.56 Å². The van der Waals surface area contributed by atoms with Crippen molar-refractivity contribution in [3.05, 3.63) is 40.7 Å². The lowest BCUT2D eigenvalue weighted by Crippen LogP contribution is -2.30. The Morgan fingerprint density at radius 3 is 2.67 bits per heavy atom. The molecule has 0 spiro atoms. The molecule has 0 radical (unpaired) electrons. The molecule has 2 rings (SSSR count). The molecule has 1 aromatic carbocycles. The van der Waals surface area contributed by atoms with Gasteiger partial charge in [-0.2, -0.15) is 0 Å². The fourth-order valence-corrected chi connectivity index (χ4v) is 1.87. The van der Waals surface area contributed by atoms with Crippen LogP contribution in [0.2, 0.25) is 0 Å². The van der Waals surface area contributed by atoms with Crippen LogP contribution in [0.25, 0.3) is 10.9 Å². The molecule has 2 N–H and O–H groups in total. The maximum absolute atomic E-state index is 11.8. The highest BCUT2D eigenvalue weighted by atomic mass is 16.3. The maximum atomic E-state index is 11.8. The van der Waals surface area contributed by atoms with Crippen molar-refractivity contribution in [3.63, 3.8) is 0 Å². The number of fused-ring (bicyclic) bond motifs is 1. The number of benzene rings is 1. The molecular formula is C14H18N2O2. The van der Waals surface area contributed by atoms with E-state index in [1.807, 2.05) is 24.3 Å². The van der Waals surface area contributed by atoms with Crippen molar-refractivity contribution in [1.82, 2.24) is 4.57 Å². The lowest BCUT2D eigenvalue weighted by Gasteiger charge is -2.19. The van der Waals surface area contributed by atoms with E-state index in [1.54, 1.807) is 31.5 Å². The molecule has 2 aromatic rings. The Morgan fingerprint density at radius 1 is 1.33 bits per heavy atom. The van der Waals surface area contributed by atoms with Gasteiger partial charge in [-0.15, -0.1) is 0 Å². The van der Waals surface area contributed by atoms with Crippen LogP contribution in [-0.4, -0.2) is 21.8 Å². The molecular weight excluding hydrogens is 228 g/mol. The number of aliphatic hydroxyl groups is 1. The molecule has 0 amide bonds. The Bertz CT molecular complexity index is 624. The molecule has 4 heteroatoms. The summed E-state index contributed by atoms with van der Waals surface area (Å²) in [5, 5.41) is 13.8. The highest BCUT2D eigenvalue weighted by molar-refractivity contribution is 5.91. The van der Waals surface area contributed by atoms with Crippen LogP contribution in [0.4, 0.5) is 5.69 Å². The van der Waals surface area contributed by atoms with E-state index in [0.29, 0.717) is 6.54 Å². The molecule has 1 heterocycles. The van der Waals surface area contributed by atoms with Gasteiger partial charge in [-0.3, -0.25) is 4.79 Å². The highest BCUT2D eigenvalue weighted by Gasteiger charge is 2.13. The van der Waals surface area contributed by atoms with E-state index >= 15 is 0 Å². The summed E-state index contributed by atoms with van der Waals surface area (Å²) in [6, 6.07) is 9.27. The van der Waals surface area contributed by atoms with Crippen LogP contribution < -0.4 is 10.9 Å². The minimum absolute atomic E-state index is 0.0630. The largest absolute Gasteiger partial charge is 0.389 e. The summed E-state index contributed by atoms with van der Waals surface area (Å²) in [5.74, 6) is 0. The second-order valence-corrected chi connectivity index (χ2v) is 5.14. The van der Waals surface area contributed by atoms with Gasteiger partial charge < -0.3 is 15.0 Å². The van der Waals surface area contributed by atoms with Gasteiger partial charge in [0.1, 0.15) is 0 Å². The summed E-state index contributed by atoms with van der Waals surface area (Å²) in [6.45, 7) is 3.84. The zero-order valence-electron chi connectivity index (χ0n) is 10.9. The quantitative estimate of drug-likeness (QED) is 0.867. The second kappa shape index (κ2) is 4.46. The molecule has 0 saturated heterocycles. The molecule has 96 valence electrons. The summed E-state index contributed by atoms with van der Waals surface area (Å²) in [6.07, 6.45) is 0. The number of aromatic nitrogens is 1. The third kappa shape index (κ3) is 2.54. The number of aryl methyl sites for hydroxylation is 1. The smallest absolute Gasteiger partial charge is 0.252 e. The first-order chi connectivity index (χ1) is 8.38. The molecule has 0 saturated carbocycles. The van der Waals surface area contributed by atoms with Gasteiger partial charge in [0.15, 0.2) is 0 Å². The van der Waals surface area contributed by atoms with Gasteiger partial charge in [-0.05, 0) is 19.9 Å². The van der Waals surface area contributed by atoms with E-state index in [-0.39, 0.29) is 5.56 Å². The summed E-state index contributed by atoms with van der Waals surface area (Å²) < 4.78 is 1.62. The van der Waals surface area contributed by atoms with Crippen molar-refractivity contribution in [2.75, 3.05) is 11.9 Å². The summed E-state index contributed by atoms with van der Waals surface area (Å²) in [4.78, 5) is 11.8.